The van der Waals surface area contributed by atoms with Crippen LogP contribution in [0.5, 0.6) is 0 Å². The molecule has 0 spiro atoms. The van der Waals surface area contributed by atoms with Gasteiger partial charge in [0, 0.05) is 24.3 Å². The van der Waals surface area contributed by atoms with Crippen molar-refractivity contribution in [3.8, 4) is 0 Å². The number of pyridine rings is 1. The zero-order valence-corrected chi connectivity index (χ0v) is 10.8. The molecule has 3 aromatic rings. The maximum absolute atomic E-state index is 12.1. The third-order valence-electron chi connectivity index (χ3n) is 2.98. The van der Waals surface area contributed by atoms with Gasteiger partial charge in [-0.3, -0.25) is 9.89 Å². The summed E-state index contributed by atoms with van der Waals surface area (Å²) < 4.78 is 0. The molecule has 3 rings (SSSR count). The maximum Gasteiger partial charge on any atom is 0.257 e. The number of fused-ring (bicyclic) bond motifs is 1. The molecule has 0 unspecified atom stereocenters. The minimum atomic E-state index is -0.195. The highest BCUT2D eigenvalue weighted by Gasteiger charge is 2.07. The summed E-state index contributed by atoms with van der Waals surface area (Å²) in [6.45, 7) is 0. The first-order valence-electron chi connectivity index (χ1n) is 6.14. The highest BCUT2D eigenvalue weighted by Crippen LogP contribution is 2.17. The van der Waals surface area contributed by atoms with Crippen molar-refractivity contribution in [1.29, 1.82) is 0 Å². The van der Waals surface area contributed by atoms with Crippen LogP contribution in [-0.2, 0) is 0 Å². The molecule has 2 aromatic heterocycles. The molecule has 1 aromatic carbocycles. The number of rotatable bonds is 3. The Morgan fingerprint density at radius 2 is 2.10 bits per heavy atom. The van der Waals surface area contributed by atoms with E-state index in [4.69, 9.17) is 0 Å². The molecule has 0 fully saturated rings. The Morgan fingerprint density at radius 1 is 1.20 bits per heavy atom. The van der Waals surface area contributed by atoms with E-state index in [1.807, 2.05) is 18.2 Å². The van der Waals surface area contributed by atoms with Crippen LogP contribution < -0.4 is 10.6 Å². The Labute approximate surface area is 115 Å². The Morgan fingerprint density at radius 3 is 2.85 bits per heavy atom. The first-order valence-corrected chi connectivity index (χ1v) is 6.14. The Hall–Kier alpha value is -2.89. The van der Waals surface area contributed by atoms with Gasteiger partial charge < -0.3 is 10.6 Å². The summed E-state index contributed by atoms with van der Waals surface area (Å²) >= 11 is 0. The number of aromatic nitrogens is 3. The number of nitrogens with one attached hydrogen (secondary N) is 3. The lowest BCUT2D eigenvalue weighted by molar-refractivity contribution is 0.102. The molecule has 0 aliphatic rings. The smallest absolute Gasteiger partial charge is 0.257 e. The number of aromatic amines is 1. The summed E-state index contributed by atoms with van der Waals surface area (Å²) in [4.78, 5) is 16.2. The van der Waals surface area contributed by atoms with Crippen LogP contribution in [0.4, 0.5) is 11.5 Å². The minimum absolute atomic E-state index is 0.195. The van der Waals surface area contributed by atoms with Crippen LogP contribution in [0.2, 0.25) is 0 Å². The Kier molecular flexibility index (Phi) is 3.04. The topological polar surface area (TPSA) is 82.7 Å². The molecular weight excluding hydrogens is 254 g/mol. The Bertz CT molecular complexity index is 748. The van der Waals surface area contributed by atoms with Crippen LogP contribution in [0.15, 0.2) is 42.7 Å². The van der Waals surface area contributed by atoms with Gasteiger partial charge in [-0.2, -0.15) is 5.10 Å². The van der Waals surface area contributed by atoms with Gasteiger partial charge in [0.05, 0.1) is 17.3 Å². The lowest BCUT2D eigenvalue weighted by atomic mass is 10.2. The van der Waals surface area contributed by atoms with Crippen molar-refractivity contribution in [2.24, 2.45) is 0 Å². The van der Waals surface area contributed by atoms with E-state index in [1.165, 1.54) is 6.20 Å². The highest BCUT2D eigenvalue weighted by molar-refractivity contribution is 6.04. The normalized spacial score (nSPS) is 10.4. The van der Waals surface area contributed by atoms with Gasteiger partial charge >= 0.3 is 0 Å². The molecule has 20 heavy (non-hydrogen) atoms. The van der Waals surface area contributed by atoms with Gasteiger partial charge in [-0.1, -0.05) is 0 Å². The molecule has 0 bridgehead atoms. The SMILES string of the molecule is CNc1ccc(C(=O)Nc2ccc3cn[nH]c3c2)cn1. The van der Waals surface area contributed by atoms with Crippen LogP contribution in [0.1, 0.15) is 10.4 Å². The van der Waals surface area contributed by atoms with Gasteiger partial charge in [-0.25, -0.2) is 4.98 Å². The number of benzene rings is 1. The number of H-pyrrole nitrogens is 1. The molecule has 2 heterocycles. The average molecular weight is 267 g/mol. The molecule has 0 saturated heterocycles. The lowest BCUT2D eigenvalue weighted by Crippen LogP contribution is -2.12. The van der Waals surface area contributed by atoms with E-state index >= 15 is 0 Å². The van der Waals surface area contributed by atoms with E-state index in [1.54, 1.807) is 25.4 Å². The number of amides is 1. The first-order chi connectivity index (χ1) is 9.76. The highest BCUT2D eigenvalue weighted by atomic mass is 16.1. The molecular formula is C14H13N5O. The maximum atomic E-state index is 12.1. The largest absolute Gasteiger partial charge is 0.373 e. The predicted octanol–water partition coefficient (Wildman–Crippen LogP) is 2.25. The molecule has 0 aliphatic heterocycles. The standard InChI is InChI=1S/C14H13N5O/c1-15-13-5-3-10(7-16-13)14(20)18-11-4-2-9-8-17-19-12(9)6-11/h2-8H,1H3,(H,15,16)(H,17,19)(H,18,20). The van der Waals surface area contributed by atoms with Crippen molar-refractivity contribution in [2.45, 2.75) is 0 Å². The van der Waals surface area contributed by atoms with Crippen LogP contribution in [0.25, 0.3) is 10.9 Å². The monoisotopic (exact) mass is 267 g/mol. The van der Waals surface area contributed by atoms with Crippen LogP contribution >= 0.6 is 0 Å². The van der Waals surface area contributed by atoms with Gasteiger partial charge in [-0.05, 0) is 30.3 Å². The molecule has 0 aliphatic carbocycles. The van der Waals surface area contributed by atoms with E-state index in [0.717, 1.165) is 16.7 Å². The molecule has 0 saturated carbocycles. The van der Waals surface area contributed by atoms with E-state index < -0.39 is 0 Å². The summed E-state index contributed by atoms with van der Waals surface area (Å²) in [7, 11) is 1.78. The van der Waals surface area contributed by atoms with E-state index in [0.29, 0.717) is 11.3 Å². The van der Waals surface area contributed by atoms with Crippen molar-refractivity contribution in [3.05, 3.63) is 48.3 Å². The number of hydrogen-bond donors (Lipinski definition) is 3. The van der Waals surface area contributed by atoms with Gasteiger partial charge in [0.25, 0.3) is 5.91 Å². The average Bonchev–Trinajstić information content (AvgIpc) is 2.95. The molecule has 6 nitrogen and oxygen atoms in total. The molecule has 1 amide bonds. The fourth-order valence-corrected chi connectivity index (χ4v) is 1.89. The lowest BCUT2D eigenvalue weighted by Gasteiger charge is -2.06. The fourth-order valence-electron chi connectivity index (χ4n) is 1.89. The van der Waals surface area contributed by atoms with Gasteiger partial charge in [-0.15, -0.1) is 0 Å². The van der Waals surface area contributed by atoms with Crippen molar-refractivity contribution in [1.82, 2.24) is 15.2 Å². The van der Waals surface area contributed by atoms with E-state index in [9.17, 15) is 4.79 Å². The second-order valence-corrected chi connectivity index (χ2v) is 4.31. The molecule has 3 N–H and O–H groups in total. The second kappa shape index (κ2) is 5.00. The van der Waals surface area contributed by atoms with Crippen molar-refractivity contribution < 1.29 is 4.79 Å². The fraction of sp³-hybridized carbons (Fsp3) is 0.0714. The second-order valence-electron chi connectivity index (χ2n) is 4.31. The first kappa shape index (κ1) is 12.2. The van der Waals surface area contributed by atoms with Gasteiger partial charge in [0.15, 0.2) is 0 Å². The van der Waals surface area contributed by atoms with Crippen LogP contribution in [0.3, 0.4) is 0 Å². The zero-order chi connectivity index (χ0) is 13.9. The molecule has 6 heteroatoms. The molecule has 0 atom stereocenters. The van der Waals surface area contributed by atoms with E-state index in [2.05, 4.69) is 25.8 Å². The number of carbonyl (C=O) groups is 1. The van der Waals surface area contributed by atoms with E-state index in [-0.39, 0.29) is 5.91 Å². The molecule has 0 radical (unpaired) electrons. The minimum Gasteiger partial charge on any atom is -0.373 e. The van der Waals surface area contributed by atoms with Gasteiger partial charge in [0.1, 0.15) is 5.82 Å². The number of hydrogen-bond acceptors (Lipinski definition) is 4. The zero-order valence-electron chi connectivity index (χ0n) is 10.8. The summed E-state index contributed by atoms with van der Waals surface area (Å²) in [5, 5.41) is 13.5. The molecule has 100 valence electrons. The van der Waals surface area contributed by atoms with Crippen LogP contribution in [0, 0.1) is 0 Å². The summed E-state index contributed by atoms with van der Waals surface area (Å²) in [6, 6.07) is 9.06. The quantitative estimate of drug-likeness (QED) is 0.679. The number of carbonyl (C=O) groups excluding carboxylic acids is 1. The van der Waals surface area contributed by atoms with Crippen molar-refractivity contribution >= 4 is 28.3 Å². The van der Waals surface area contributed by atoms with Crippen molar-refractivity contribution in [3.63, 3.8) is 0 Å². The van der Waals surface area contributed by atoms with Crippen molar-refractivity contribution in [2.75, 3.05) is 17.7 Å². The Balaban J connectivity index is 1.80. The van der Waals surface area contributed by atoms with Crippen LogP contribution in [-0.4, -0.2) is 28.1 Å². The number of anilines is 2. The number of nitrogens with zero attached hydrogens (tertiary/aromatic N) is 2. The summed E-state index contributed by atoms with van der Waals surface area (Å²) in [6.07, 6.45) is 3.28. The summed E-state index contributed by atoms with van der Waals surface area (Å²) in [5.74, 6) is 0.527. The predicted molar refractivity (Wildman–Crippen MR) is 77.8 cm³/mol. The third-order valence-corrected chi connectivity index (χ3v) is 2.98. The van der Waals surface area contributed by atoms with Gasteiger partial charge in [0.2, 0.25) is 0 Å². The summed E-state index contributed by atoms with van der Waals surface area (Å²) in [5.41, 5.74) is 2.10. The third kappa shape index (κ3) is 2.31.